The van der Waals surface area contributed by atoms with Crippen LogP contribution >= 0.6 is 0 Å². The smallest absolute Gasteiger partial charge is 0.243 e. The molecule has 0 radical (unpaired) electrons. The summed E-state index contributed by atoms with van der Waals surface area (Å²) in [5.74, 6) is -0.908. The van der Waals surface area contributed by atoms with Gasteiger partial charge in [-0.1, -0.05) is 19.4 Å². The van der Waals surface area contributed by atoms with E-state index in [0.717, 1.165) is 37.1 Å². The van der Waals surface area contributed by atoms with Crippen LogP contribution in [0.4, 0.5) is 20.4 Å². The molecule has 3 aliphatic rings. The van der Waals surface area contributed by atoms with E-state index in [0.29, 0.717) is 46.5 Å². The van der Waals surface area contributed by atoms with Crippen molar-refractivity contribution in [2.75, 3.05) is 16.8 Å². The minimum atomic E-state index is -1.16. The second kappa shape index (κ2) is 6.52. The van der Waals surface area contributed by atoms with Gasteiger partial charge in [0.25, 0.3) is 0 Å². The molecule has 9 nitrogen and oxygen atoms in total. The average Bonchev–Trinajstić information content (AvgIpc) is 3.23. The zero-order valence-corrected chi connectivity index (χ0v) is 18.1. The van der Waals surface area contributed by atoms with Gasteiger partial charge >= 0.3 is 0 Å². The summed E-state index contributed by atoms with van der Waals surface area (Å²) in [4.78, 5) is 33.9. The molecule has 4 aromatic rings. The van der Waals surface area contributed by atoms with Gasteiger partial charge in [0.05, 0.1) is 23.5 Å². The highest BCUT2D eigenvalue weighted by Gasteiger charge is 2.69. The number of fused-ring (bicyclic) bond motifs is 4. The number of nitrogens with zero attached hydrogens (tertiary/aromatic N) is 7. The summed E-state index contributed by atoms with van der Waals surface area (Å²) >= 11 is 0. The Morgan fingerprint density at radius 3 is 2.91 bits per heavy atom. The maximum Gasteiger partial charge on any atom is 0.243 e. The number of aryl methyl sites for hydroxylation is 1. The topological polar surface area (TPSA) is 101 Å². The van der Waals surface area contributed by atoms with E-state index in [1.807, 2.05) is 4.90 Å². The zero-order chi connectivity index (χ0) is 23.2. The normalized spacial score (nSPS) is 21.7. The predicted molar refractivity (Wildman–Crippen MR) is 117 cm³/mol. The summed E-state index contributed by atoms with van der Waals surface area (Å²) in [7, 11) is 0. The first kappa shape index (κ1) is 19.4. The molecule has 6 heterocycles. The molecule has 0 saturated carbocycles. The van der Waals surface area contributed by atoms with E-state index < -0.39 is 17.0 Å². The lowest BCUT2D eigenvalue weighted by molar-refractivity contribution is -0.119. The number of unbranched alkanes of at least 4 members (excludes halogenated alkanes) is 1. The number of hydrogen-bond donors (Lipinski definition) is 1. The average molecular weight is 460 g/mol. The number of benzene rings is 1. The first-order chi connectivity index (χ1) is 16.5. The van der Waals surface area contributed by atoms with Gasteiger partial charge < -0.3 is 10.2 Å². The van der Waals surface area contributed by atoms with Gasteiger partial charge in [0.15, 0.2) is 23.1 Å². The van der Waals surface area contributed by atoms with Gasteiger partial charge in [0.1, 0.15) is 29.1 Å². The third-order valence-electron chi connectivity index (χ3n) is 6.96. The molecule has 170 valence electrons. The Bertz CT molecular complexity index is 1540. The summed E-state index contributed by atoms with van der Waals surface area (Å²) in [5, 5.41) is 7.13. The molecule has 2 unspecified atom stereocenters. The van der Waals surface area contributed by atoms with Crippen LogP contribution in [-0.4, -0.2) is 48.0 Å². The van der Waals surface area contributed by atoms with Gasteiger partial charge in [-0.25, -0.2) is 33.2 Å². The van der Waals surface area contributed by atoms with E-state index >= 15 is 0 Å². The molecule has 0 spiro atoms. The molecule has 34 heavy (non-hydrogen) atoms. The van der Waals surface area contributed by atoms with Crippen LogP contribution in [-0.2, 0) is 16.6 Å². The monoisotopic (exact) mass is 460 g/mol. The second-order valence-corrected chi connectivity index (χ2v) is 8.86. The van der Waals surface area contributed by atoms with E-state index in [9.17, 15) is 13.6 Å². The molecule has 2 atom stereocenters. The quantitative estimate of drug-likeness (QED) is 0.457. The Morgan fingerprint density at radius 1 is 1.21 bits per heavy atom. The van der Waals surface area contributed by atoms with Crippen molar-refractivity contribution in [3.8, 4) is 11.5 Å². The molecule has 0 aliphatic carbocycles. The highest BCUT2D eigenvalue weighted by molar-refractivity contribution is 6.13. The number of carbonyl (C=O) groups is 1. The van der Waals surface area contributed by atoms with Crippen molar-refractivity contribution in [2.45, 2.75) is 37.6 Å². The predicted octanol–water partition coefficient (Wildman–Crippen LogP) is 2.64. The summed E-state index contributed by atoms with van der Waals surface area (Å²) in [5.41, 5.74) is 1.87. The van der Waals surface area contributed by atoms with Gasteiger partial charge in [0, 0.05) is 6.54 Å². The third kappa shape index (κ3) is 2.36. The van der Waals surface area contributed by atoms with Crippen LogP contribution < -0.4 is 10.2 Å². The highest BCUT2D eigenvalue weighted by Crippen LogP contribution is 2.60. The Hall–Kier alpha value is -4.02. The van der Waals surface area contributed by atoms with Gasteiger partial charge in [0.2, 0.25) is 5.91 Å². The van der Waals surface area contributed by atoms with Crippen LogP contribution in [0.5, 0.6) is 0 Å². The van der Waals surface area contributed by atoms with Gasteiger partial charge in [-0.2, -0.15) is 5.10 Å². The summed E-state index contributed by atoms with van der Waals surface area (Å²) in [6, 6.07) is 3.40. The summed E-state index contributed by atoms with van der Waals surface area (Å²) < 4.78 is 29.4. The van der Waals surface area contributed by atoms with E-state index in [4.69, 9.17) is 9.97 Å². The number of carbonyl (C=O) groups excluding carboxylic acids is 1. The van der Waals surface area contributed by atoms with Crippen molar-refractivity contribution < 1.29 is 13.6 Å². The fourth-order valence-electron chi connectivity index (χ4n) is 5.33. The summed E-state index contributed by atoms with van der Waals surface area (Å²) in [6.07, 6.45) is 5.92. The Kier molecular flexibility index (Phi) is 3.73. The standard InChI is InChI=1S/C23H18F2N8O/c1-2-3-4-14-20-26-10-27-33(20)8-15(28-14)18-29-19-17-21(30-18)32-9-16(32)23(17,22(34)31-19)11-5-6-12(24)13(25)7-11/h5-8,10,16H,2-4,9H2,1H3,(H,29,30,31,34). The lowest BCUT2D eigenvalue weighted by Crippen LogP contribution is -2.40. The Balaban J connectivity index is 1.40. The largest absolute Gasteiger partial charge is 0.347 e. The van der Waals surface area contributed by atoms with Crippen molar-refractivity contribution in [3.63, 3.8) is 0 Å². The number of aromatic nitrogens is 6. The van der Waals surface area contributed by atoms with Gasteiger partial charge in [-0.15, -0.1) is 0 Å². The van der Waals surface area contributed by atoms with Crippen LogP contribution in [0.1, 0.15) is 36.6 Å². The minimum absolute atomic E-state index is 0.218. The van der Waals surface area contributed by atoms with Crippen molar-refractivity contribution in [1.82, 2.24) is 29.5 Å². The van der Waals surface area contributed by atoms with Crippen LogP contribution in [0.15, 0.2) is 30.7 Å². The number of amides is 1. The molecule has 3 aliphatic heterocycles. The first-order valence-corrected chi connectivity index (χ1v) is 11.2. The van der Waals surface area contributed by atoms with Crippen molar-refractivity contribution in [2.24, 2.45) is 0 Å². The molecule has 3 aromatic heterocycles. The van der Waals surface area contributed by atoms with Crippen LogP contribution in [0.25, 0.3) is 17.2 Å². The maximum atomic E-state index is 14.1. The Morgan fingerprint density at radius 2 is 2.09 bits per heavy atom. The zero-order valence-electron chi connectivity index (χ0n) is 18.1. The fraction of sp³-hybridized carbons (Fsp3) is 0.304. The van der Waals surface area contributed by atoms with Crippen LogP contribution in [0, 0.1) is 11.6 Å². The van der Waals surface area contributed by atoms with Crippen molar-refractivity contribution in [1.29, 1.82) is 0 Å². The SMILES string of the molecule is CCCCc1nc(-c2nc3c4c(n2)N2CC2C4(c2ccc(F)c(F)c2)C(=O)N3)cn2ncnc12. The van der Waals surface area contributed by atoms with Gasteiger partial charge in [-0.3, -0.25) is 4.79 Å². The molecule has 1 amide bonds. The molecule has 1 aromatic carbocycles. The minimum Gasteiger partial charge on any atom is -0.347 e. The molecule has 0 bridgehead atoms. The Labute approximate surface area is 191 Å². The van der Waals surface area contributed by atoms with Crippen LogP contribution in [0.3, 0.4) is 0 Å². The number of nitrogens with one attached hydrogen (secondary N) is 1. The number of hydrogen-bond acceptors (Lipinski definition) is 7. The molecule has 1 N–H and O–H groups in total. The number of halogens is 2. The van der Waals surface area contributed by atoms with Crippen molar-refractivity contribution >= 4 is 23.2 Å². The fourth-order valence-corrected chi connectivity index (χ4v) is 5.33. The molecule has 1 saturated heterocycles. The maximum absolute atomic E-state index is 14.1. The van der Waals surface area contributed by atoms with E-state index in [2.05, 4.69) is 27.3 Å². The van der Waals surface area contributed by atoms with Crippen molar-refractivity contribution in [3.05, 3.63) is 59.2 Å². The van der Waals surface area contributed by atoms with E-state index in [1.54, 1.807) is 10.7 Å². The van der Waals surface area contributed by atoms with E-state index in [1.165, 1.54) is 12.4 Å². The third-order valence-corrected chi connectivity index (χ3v) is 6.96. The van der Waals surface area contributed by atoms with E-state index in [-0.39, 0.29) is 11.9 Å². The molecular formula is C23H18F2N8O. The molecule has 7 rings (SSSR count). The molecule has 1 fully saturated rings. The highest BCUT2D eigenvalue weighted by atomic mass is 19.2. The van der Waals surface area contributed by atoms with Gasteiger partial charge in [-0.05, 0) is 30.5 Å². The first-order valence-electron chi connectivity index (χ1n) is 11.2. The summed E-state index contributed by atoms with van der Waals surface area (Å²) in [6.45, 7) is 2.70. The second-order valence-electron chi connectivity index (χ2n) is 8.86. The van der Waals surface area contributed by atoms with Crippen LogP contribution in [0.2, 0.25) is 0 Å². The molecule has 11 heteroatoms. The lowest BCUT2D eigenvalue weighted by Gasteiger charge is -2.23. The lowest BCUT2D eigenvalue weighted by atomic mass is 9.74. The number of anilines is 2. The molecular weight excluding hydrogens is 442 g/mol. The number of rotatable bonds is 5.